The summed E-state index contributed by atoms with van der Waals surface area (Å²) in [5.74, 6) is 0.629. The lowest BCUT2D eigenvalue weighted by Crippen LogP contribution is -2.28. The van der Waals surface area contributed by atoms with Crippen molar-refractivity contribution >= 4 is 5.91 Å². The van der Waals surface area contributed by atoms with E-state index in [0.29, 0.717) is 17.0 Å². The van der Waals surface area contributed by atoms with Crippen molar-refractivity contribution in [2.45, 2.75) is 13.3 Å². The number of carbonyl (C=O) groups is 1. The van der Waals surface area contributed by atoms with Crippen molar-refractivity contribution in [2.24, 2.45) is 5.92 Å². The van der Waals surface area contributed by atoms with Crippen LogP contribution in [0.4, 0.5) is 0 Å². The van der Waals surface area contributed by atoms with Crippen LogP contribution in [0.1, 0.15) is 29.3 Å². The van der Waals surface area contributed by atoms with Crippen molar-refractivity contribution in [3.05, 3.63) is 35.4 Å². The number of nitriles is 1. The molecule has 1 unspecified atom stereocenters. The van der Waals surface area contributed by atoms with Gasteiger partial charge in [0.15, 0.2) is 0 Å². The summed E-state index contributed by atoms with van der Waals surface area (Å²) < 4.78 is 0. The Kier molecular flexibility index (Phi) is 2.91. The van der Waals surface area contributed by atoms with E-state index in [-0.39, 0.29) is 5.91 Å². The maximum atomic E-state index is 12.1. The zero-order valence-corrected chi connectivity index (χ0v) is 9.31. The molecule has 1 atom stereocenters. The molecule has 1 aliphatic heterocycles. The predicted octanol–water partition coefficient (Wildman–Crippen LogP) is 2.04. The molecule has 3 nitrogen and oxygen atoms in total. The van der Waals surface area contributed by atoms with E-state index in [1.54, 1.807) is 24.3 Å². The molecule has 1 saturated heterocycles. The minimum atomic E-state index is 0.0430. The Labute approximate surface area is 95.3 Å². The van der Waals surface area contributed by atoms with Crippen molar-refractivity contribution < 1.29 is 4.79 Å². The van der Waals surface area contributed by atoms with Crippen molar-refractivity contribution in [3.8, 4) is 6.07 Å². The lowest BCUT2D eigenvalue weighted by atomic mass is 10.1. The summed E-state index contributed by atoms with van der Waals surface area (Å²) in [5, 5.41) is 8.78. The first-order valence-electron chi connectivity index (χ1n) is 5.50. The molecule has 1 aromatic rings. The van der Waals surface area contributed by atoms with Crippen molar-refractivity contribution in [2.75, 3.05) is 13.1 Å². The van der Waals surface area contributed by atoms with E-state index in [0.717, 1.165) is 19.5 Å². The van der Waals surface area contributed by atoms with Crippen LogP contribution in [-0.4, -0.2) is 23.9 Å². The van der Waals surface area contributed by atoms with Crippen LogP contribution in [0.25, 0.3) is 0 Å². The van der Waals surface area contributed by atoms with Gasteiger partial charge in [-0.25, -0.2) is 0 Å². The van der Waals surface area contributed by atoms with Gasteiger partial charge in [0.05, 0.1) is 11.6 Å². The zero-order valence-electron chi connectivity index (χ0n) is 9.31. The Morgan fingerprint density at radius 1 is 1.56 bits per heavy atom. The third-order valence-electron chi connectivity index (χ3n) is 2.95. The van der Waals surface area contributed by atoms with Gasteiger partial charge in [-0.2, -0.15) is 5.26 Å². The second kappa shape index (κ2) is 4.36. The molecule has 1 aromatic carbocycles. The molecular weight excluding hydrogens is 200 g/mol. The van der Waals surface area contributed by atoms with E-state index >= 15 is 0 Å². The predicted molar refractivity (Wildman–Crippen MR) is 60.8 cm³/mol. The average Bonchev–Trinajstić information content (AvgIpc) is 2.75. The molecule has 0 saturated carbocycles. The highest BCUT2D eigenvalue weighted by atomic mass is 16.2. The largest absolute Gasteiger partial charge is 0.338 e. The second-order valence-corrected chi connectivity index (χ2v) is 4.34. The molecule has 0 spiro atoms. The Bertz CT molecular complexity index is 447. The minimum Gasteiger partial charge on any atom is -0.338 e. The molecule has 0 aliphatic carbocycles. The van der Waals surface area contributed by atoms with E-state index in [1.807, 2.05) is 4.90 Å². The topological polar surface area (TPSA) is 44.1 Å². The monoisotopic (exact) mass is 214 g/mol. The van der Waals surface area contributed by atoms with Crippen LogP contribution in [0.15, 0.2) is 24.3 Å². The molecule has 0 aromatic heterocycles. The number of carbonyl (C=O) groups excluding carboxylic acids is 1. The molecule has 0 bridgehead atoms. The Morgan fingerprint density at radius 3 is 3.00 bits per heavy atom. The van der Waals surface area contributed by atoms with Crippen LogP contribution >= 0.6 is 0 Å². The summed E-state index contributed by atoms with van der Waals surface area (Å²) in [5.41, 5.74) is 1.16. The smallest absolute Gasteiger partial charge is 0.253 e. The van der Waals surface area contributed by atoms with Crippen molar-refractivity contribution in [1.82, 2.24) is 4.90 Å². The molecule has 0 N–H and O–H groups in total. The molecule has 3 heteroatoms. The lowest BCUT2D eigenvalue weighted by molar-refractivity contribution is 0.0788. The lowest BCUT2D eigenvalue weighted by Gasteiger charge is -2.15. The van der Waals surface area contributed by atoms with Gasteiger partial charge in [0.2, 0.25) is 0 Å². The highest BCUT2D eigenvalue weighted by molar-refractivity contribution is 5.94. The zero-order chi connectivity index (χ0) is 11.5. The SMILES string of the molecule is CC1CCN(C(=O)c2cccc(C#N)c2)C1. The van der Waals surface area contributed by atoms with Gasteiger partial charge in [-0.1, -0.05) is 13.0 Å². The number of amides is 1. The molecule has 1 heterocycles. The number of nitrogens with zero attached hydrogens (tertiary/aromatic N) is 2. The Morgan fingerprint density at radius 2 is 2.38 bits per heavy atom. The van der Waals surface area contributed by atoms with Crippen LogP contribution < -0.4 is 0 Å². The van der Waals surface area contributed by atoms with Crippen molar-refractivity contribution in [1.29, 1.82) is 5.26 Å². The maximum Gasteiger partial charge on any atom is 0.253 e. The average molecular weight is 214 g/mol. The number of likely N-dealkylation sites (tertiary alicyclic amines) is 1. The van der Waals surface area contributed by atoms with E-state index in [9.17, 15) is 4.79 Å². The number of hydrogen-bond acceptors (Lipinski definition) is 2. The normalized spacial score (nSPS) is 19.5. The maximum absolute atomic E-state index is 12.1. The first-order valence-corrected chi connectivity index (χ1v) is 5.50. The Hall–Kier alpha value is -1.82. The van der Waals surface area contributed by atoms with E-state index in [2.05, 4.69) is 13.0 Å². The number of rotatable bonds is 1. The molecule has 0 radical (unpaired) electrons. The standard InChI is InChI=1S/C13H14N2O/c1-10-5-6-15(9-10)13(16)12-4-2-3-11(7-12)8-14/h2-4,7,10H,5-6,9H2,1H3. The fraction of sp³-hybridized carbons (Fsp3) is 0.385. The van der Waals surface area contributed by atoms with Gasteiger partial charge in [0.1, 0.15) is 0 Å². The highest BCUT2D eigenvalue weighted by Gasteiger charge is 2.24. The summed E-state index contributed by atoms with van der Waals surface area (Å²) in [6.07, 6.45) is 1.07. The van der Waals surface area contributed by atoms with E-state index < -0.39 is 0 Å². The highest BCUT2D eigenvalue weighted by Crippen LogP contribution is 2.18. The van der Waals surface area contributed by atoms with Crippen LogP contribution in [0, 0.1) is 17.2 Å². The molecule has 2 rings (SSSR count). The van der Waals surface area contributed by atoms with Crippen LogP contribution in [-0.2, 0) is 0 Å². The molecule has 82 valence electrons. The Balaban J connectivity index is 2.18. The van der Waals surface area contributed by atoms with Gasteiger partial charge in [-0.15, -0.1) is 0 Å². The molecule has 16 heavy (non-hydrogen) atoms. The van der Waals surface area contributed by atoms with Gasteiger partial charge in [0.25, 0.3) is 5.91 Å². The minimum absolute atomic E-state index is 0.0430. The van der Waals surface area contributed by atoms with Gasteiger partial charge in [-0.3, -0.25) is 4.79 Å². The molecule has 1 aliphatic rings. The first kappa shape index (κ1) is 10.7. The third-order valence-corrected chi connectivity index (χ3v) is 2.95. The quantitative estimate of drug-likeness (QED) is 0.718. The number of benzene rings is 1. The summed E-state index contributed by atoms with van der Waals surface area (Å²) in [6, 6.07) is 8.95. The van der Waals surface area contributed by atoms with Gasteiger partial charge >= 0.3 is 0 Å². The second-order valence-electron chi connectivity index (χ2n) is 4.34. The van der Waals surface area contributed by atoms with E-state index in [1.165, 1.54) is 0 Å². The van der Waals surface area contributed by atoms with Crippen LogP contribution in [0.5, 0.6) is 0 Å². The van der Waals surface area contributed by atoms with E-state index in [4.69, 9.17) is 5.26 Å². The third kappa shape index (κ3) is 2.06. The molecule has 1 fully saturated rings. The summed E-state index contributed by atoms with van der Waals surface area (Å²) in [4.78, 5) is 13.9. The fourth-order valence-corrected chi connectivity index (χ4v) is 2.02. The summed E-state index contributed by atoms with van der Waals surface area (Å²) in [6.45, 7) is 3.81. The first-order chi connectivity index (χ1) is 7.70. The van der Waals surface area contributed by atoms with Crippen molar-refractivity contribution in [3.63, 3.8) is 0 Å². The van der Waals surface area contributed by atoms with Crippen LogP contribution in [0.3, 0.4) is 0 Å². The fourth-order valence-electron chi connectivity index (χ4n) is 2.02. The van der Waals surface area contributed by atoms with Gasteiger partial charge < -0.3 is 4.90 Å². The van der Waals surface area contributed by atoms with Gasteiger partial charge in [0, 0.05) is 18.7 Å². The van der Waals surface area contributed by atoms with Gasteiger partial charge in [-0.05, 0) is 30.5 Å². The summed E-state index contributed by atoms with van der Waals surface area (Å²) in [7, 11) is 0. The molecule has 1 amide bonds. The molecular formula is C13H14N2O. The number of hydrogen-bond donors (Lipinski definition) is 0. The summed E-state index contributed by atoms with van der Waals surface area (Å²) >= 11 is 0. The van der Waals surface area contributed by atoms with Crippen LogP contribution in [0.2, 0.25) is 0 Å².